The molecule has 0 aliphatic carbocycles. The highest BCUT2D eigenvalue weighted by Gasteiger charge is 2.02. The Morgan fingerprint density at radius 2 is 1.90 bits per heavy atom. The van der Waals surface area contributed by atoms with Gasteiger partial charge in [0.05, 0.1) is 11.3 Å². The minimum Gasteiger partial charge on any atom is -0.478 e. The van der Waals surface area contributed by atoms with Crippen molar-refractivity contribution < 1.29 is 9.90 Å². The molecule has 1 heterocycles. The summed E-state index contributed by atoms with van der Waals surface area (Å²) in [6.07, 6.45) is 2.71. The van der Waals surface area contributed by atoms with Crippen LogP contribution in [0.2, 0.25) is 0 Å². The fraction of sp³-hybridized carbons (Fsp3) is 0.250. The molecule has 0 radical (unpaired) electrons. The summed E-state index contributed by atoms with van der Waals surface area (Å²) in [7, 11) is 0. The molecule has 5 nitrogen and oxygen atoms in total. The first-order valence-electron chi connectivity index (χ1n) is 6.86. The molecule has 0 saturated heterocycles. The number of nitrogens with one attached hydrogen (secondary N) is 1. The minimum absolute atomic E-state index is 0.00629. The summed E-state index contributed by atoms with van der Waals surface area (Å²) in [6.45, 7) is 3.29. The minimum atomic E-state index is -0.929. The van der Waals surface area contributed by atoms with Crippen LogP contribution in [0.15, 0.2) is 47.4 Å². The number of carboxylic acid groups (broad SMARTS) is 1. The lowest BCUT2D eigenvalue weighted by atomic mass is 10.1. The van der Waals surface area contributed by atoms with Crippen molar-refractivity contribution in [1.29, 1.82) is 0 Å². The predicted octanol–water partition coefficient (Wildman–Crippen LogP) is 2.57. The van der Waals surface area contributed by atoms with Crippen LogP contribution in [0.1, 0.15) is 29.3 Å². The van der Waals surface area contributed by atoms with E-state index in [2.05, 4.69) is 5.32 Å². The lowest BCUT2D eigenvalue weighted by Crippen LogP contribution is -2.18. The first-order chi connectivity index (χ1) is 10.1. The van der Waals surface area contributed by atoms with Gasteiger partial charge < -0.3 is 15.0 Å². The third kappa shape index (κ3) is 3.95. The fourth-order valence-electron chi connectivity index (χ4n) is 2.02. The highest BCUT2D eigenvalue weighted by Crippen LogP contribution is 2.09. The van der Waals surface area contributed by atoms with Crippen LogP contribution in [-0.4, -0.2) is 15.6 Å². The number of hydrogen-bond donors (Lipinski definition) is 2. The van der Waals surface area contributed by atoms with Gasteiger partial charge in [-0.15, -0.1) is 0 Å². The van der Waals surface area contributed by atoms with E-state index in [0.29, 0.717) is 13.1 Å². The van der Waals surface area contributed by atoms with Crippen molar-refractivity contribution in [3.8, 4) is 0 Å². The van der Waals surface area contributed by atoms with E-state index in [1.807, 2.05) is 6.92 Å². The van der Waals surface area contributed by atoms with E-state index in [4.69, 9.17) is 5.11 Å². The zero-order valence-corrected chi connectivity index (χ0v) is 11.9. The summed E-state index contributed by atoms with van der Waals surface area (Å²) in [5.74, 6) is -0.929. The molecule has 0 atom stereocenters. The summed E-state index contributed by atoms with van der Waals surface area (Å²) >= 11 is 0. The van der Waals surface area contributed by atoms with E-state index < -0.39 is 5.97 Å². The zero-order chi connectivity index (χ0) is 15.2. The number of anilines is 1. The van der Waals surface area contributed by atoms with Gasteiger partial charge >= 0.3 is 5.97 Å². The Bertz CT molecular complexity index is 675. The second-order valence-corrected chi connectivity index (χ2v) is 4.81. The number of benzene rings is 1. The van der Waals surface area contributed by atoms with Crippen molar-refractivity contribution in [2.45, 2.75) is 26.4 Å². The molecular formula is C16H18N2O3. The van der Waals surface area contributed by atoms with Crippen LogP contribution < -0.4 is 10.9 Å². The van der Waals surface area contributed by atoms with Crippen molar-refractivity contribution in [2.75, 3.05) is 5.32 Å². The molecule has 2 N–H and O–H groups in total. The van der Waals surface area contributed by atoms with Gasteiger partial charge in [0.1, 0.15) is 0 Å². The smallest absolute Gasteiger partial charge is 0.335 e. The van der Waals surface area contributed by atoms with Gasteiger partial charge in [-0.2, -0.15) is 0 Å². The Kier molecular flexibility index (Phi) is 4.77. The fourth-order valence-corrected chi connectivity index (χ4v) is 2.02. The molecule has 1 aromatic heterocycles. The number of carboxylic acids is 1. The largest absolute Gasteiger partial charge is 0.478 e. The molecule has 21 heavy (non-hydrogen) atoms. The lowest BCUT2D eigenvalue weighted by molar-refractivity contribution is 0.0697. The molecule has 1 aromatic carbocycles. The van der Waals surface area contributed by atoms with Gasteiger partial charge in [-0.05, 0) is 30.2 Å². The Balaban J connectivity index is 2.04. The Morgan fingerprint density at radius 3 is 2.52 bits per heavy atom. The molecular weight excluding hydrogens is 268 g/mol. The molecule has 5 heteroatoms. The number of aromatic carboxylic acids is 1. The third-order valence-corrected chi connectivity index (χ3v) is 3.15. The quantitative estimate of drug-likeness (QED) is 0.856. The van der Waals surface area contributed by atoms with Crippen LogP contribution in [0.3, 0.4) is 0 Å². The Morgan fingerprint density at radius 1 is 1.19 bits per heavy atom. The molecule has 0 fully saturated rings. The van der Waals surface area contributed by atoms with Crippen LogP contribution in [0.4, 0.5) is 5.69 Å². The average molecular weight is 286 g/mol. The summed E-state index contributed by atoms with van der Waals surface area (Å²) in [5, 5.41) is 12.1. The van der Waals surface area contributed by atoms with Gasteiger partial charge in [-0.25, -0.2) is 4.79 Å². The van der Waals surface area contributed by atoms with Gasteiger partial charge in [0.25, 0.3) is 5.56 Å². The number of nitrogens with zero attached hydrogens (tertiary/aromatic N) is 1. The van der Waals surface area contributed by atoms with E-state index in [-0.39, 0.29) is 11.1 Å². The average Bonchev–Trinajstić information content (AvgIpc) is 2.48. The topological polar surface area (TPSA) is 71.3 Å². The summed E-state index contributed by atoms with van der Waals surface area (Å²) in [5.41, 5.74) is 2.11. The molecule has 0 amide bonds. The number of aryl methyl sites for hydroxylation is 1. The third-order valence-electron chi connectivity index (χ3n) is 3.15. The van der Waals surface area contributed by atoms with Crippen molar-refractivity contribution >= 4 is 11.7 Å². The van der Waals surface area contributed by atoms with Crippen LogP contribution in [0, 0.1) is 0 Å². The first kappa shape index (κ1) is 14.8. The summed E-state index contributed by atoms with van der Waals surface area (Å²) < 4.78 is 1.68. The van der Waals surface area contributed by atoms with E-state index in [0.717, 1.165) is 17.7 Å². The second-order valence-electron chi connectivity index (χ2n) is 4.81. The number of hydrogen-bond acceptors (Lipinski definition) is 3. The molecule has 0 bridgehead atoms. The first-order valence-corrected chi connectivity index (χ1v) is 6.86. The van der Waals surface area contributed by atoms with Crippen LogP contribution in [0.5, 0.6) is 0 Å². The van der Waals surface area contributed by atoms with Gasteiger partial charge in [-0.1, -0.05) is 19.1 Å². The van der Waals surface area contributed by atoms with E-state index in [9.17, 15) is 9.59 Å². The summed E-state index contributed by atoms with van der Waals surface area (Å²) in [4.78, 5) is 22.4. The van der Waals surface area contributed by atoms with Crippen molar-refractivity contribution in [2.24, 2.45) is 0 Å². The van der Waals surface area contributed by atoms with E-state index in [1.54, 1.807) is 47.2 Å². The summed E-state index contributed by atoms with van der Waals surface area (Å²) in [6, 6.07) is 10.0. The molecule has 2 aromatic rings. The second kappa shape index (κ2) is 6.74. The van der Waals surface area contributed by atoms with E-state index >= 15 is 0 Å². The standard InChI is InChI=1S/C16H18N2O3/c1-2-9-18-11-14(7-8-15(18)19)17-10-12-3-5-13(6-4-12)16(20)21/h3-8,11,17H,2,9-10H2,1H3,(H,20,21). The molecule has 0 aliphatic heterocycles. The number of carbonyl (C=O) groups is 1. The van der Waals surface area contributed by atoms with Crippen molar-refractivity contribution in [3.63, 3.8) is 0 Å². The predicted molar refractivity (Wildman–Crippen MR) is 81.7 cm³/mol. The maximum absolute atomic E-state index is 11.6. The molecule has 0 saturated carbocycles. The molecule has 2 rings (SSSR count). The number of rotatable bonds is 6. The normalized spacial score (nSPS) is 10.3. The molecule has 110 valence electrons. The Labute approximate surface area is 122 Å². The Hall–Kier alpha value is -2.56. The zero-order valence-electron chi connectivity index (χ0n) is 11.9. The van der Waals surface area contributed by atoms with E-state index in [1.165, 1.54) is 0 Å². The van der Waals surface area contributed by atoms with Crippen molar-refractivity contribution in [3.05, 3.63) is 64.1 Å². The van der Waals surface area contributed by atoms with Crippen LogP contribution in [-0.2, 0) is 13.1 Å². The maximum Gasteiger partial charge on any atom is 0.335 e. The monoisotopic (exact) mass is 286 g/mol. The lowest BCUT2D eigenvalue weighted by Gasteiger charge is -2.10. The molecule has 0 aliphatic rings. The SMILES string of the molecule is CCCn1cc(NCc2ccc(C(=O)O)cc2)ccc1=O. The van der Waals surface area contributed by atoms with Crippen LogP contribution >= 0.6 is 0 Å². The molecule has 0 unspecified atom stereocenters. The van der Waals surface area contributed by atoms with Crippen molar-refractivity contribution in [1.82, 2.24) is 4.57 Å². The van der Waals surface area contributed by atoms with Crippen LogP contribution in [0.25, 0.3) is 0 Å². The van der Waals surface area contributed by atoms with Gasteiger partial charge in [0.2, 0.25) is 0 Å². The van der Waals surface area contributed by atoms with Gasteiger partial charge in [-0.3, -0.25) is 4.79 Å². The molecule has 0 spiro atoms. The van der Waals surface area contributed by atoms with Gasteiger partial charge in [0, 0.05) is 25.4 Å². The maximum atomic E-state index is 11.6. The number of pyridine rings is 1. The number of aromatic nitrogens is 1. The highest BCUT2D eigenvalue weighted by molar-refractivity contribution is 5.87. The highest BCUT2D eigenvalue weighted by atomic mass is 16.4. The van der Waals surface area contributed by atoms with Gasteiger partial charge in [0.15, 0.2) is 0 Å².